The van der Waals surface area contributed by atoms with E-state index < -0.39 is 0 Å². The van der Waals surface area contributed by atoms with E-state index in [-0.39, 0.29) is 11.6 Å². The van der Waals surface area contributed by atoms with E-state index in [1.54, 1.807) is 6.33 Å². The molecule has 0 spiro atoms. The molecule has 0 atom stereocenters. The highest BCUT2D eigenvalue weighted by Gasteiger charge is 2.23. The van der Waals surface area contributed by atoms with Crippen molar-refractivity contribution in [1.82, 2.24) is 24.4 Å². The molecule has 0 aliphatic carbocycles. The molecule has 0 amide bonds. The molecule has 0 unspecified atom stereocenters. The van der Waals surface area contributed by atoms with Gasteiger partial charge in [-0.1, -0.05) is 45.9 Å². The van der Waals surface area contributed by atoms with Crippen molar-refractivity contribution in [2.75, 3.05) is 39.5 Å². The Kier molecular flexibility index (Phi) is 7.45. The zero-order valence-electron chi connectivity index (χ0n) is 20.1. The lowest BCUT2D eigenvalue weighted by atomic mass is 9.93. The second-order valence-electron chi connectivity index (χ2n) is 9.40. The normalized spacial score (nSPS) is 15.2. The Balaban J connectivity index is 1.55. The summed E-state index contributed by atoms with van der Waals surface area (Å²) in [6.45, 7) is 13.7. The summed E-state index contributed by atoms with van der Waals surface area (Å²) in [5.74, 6) is 2.23. The summed E-state index contributed by atoms with van der Waals surface area (Å²) in [6, 6.07) is 8.17. The van der Waals surface area contributed by atoms with E-state index in [1.165, 1.54) is 0 Å². The summed E-state index contributed by atoms with van der Waals surface area (Å²) in [5, 5.41) is 0. The lowest BCUT2D eigenvalue weighted by molar-refractivity contribution is 0.0322. The Morgan fingerprint density at radius 3 is 2.58 bits per heavy atom. The molecule has 0 bridgehead atoms. The minimum atomic E-state index is -0.203. The Labute approximate surface area is 195 Å². The van der Waals surface area contributed by atoms with E-state index in [4.69, 9.17) is 14.5 Å². The molecule has 8 heteroatoms. The van der Waals surface area contributed by atoms with Gasteiger partial charge >= 0.3 is 0 Å². The summed E-state index contributed by atoms with van der Waals surface area (Å²) in [4.78, 5) is 27.3. The topological polar surface area (TPSA) is 85.3 Å². The molecule has 1 aliphatic rings. The van der Waals surface area contributed by atoms with Gasteiger partial charge < -0.3 is 19.0 Å². The summed E-state index contributed by atoms with van der Waals surface area (Å²) in [7, 11) is 0. The number of fused-ring (bicyclic) bond motifs is 1. The number of para-hydroxylation sites is 1. The predicted octanol–water partition coefficient (Wildman–Crippen LogP) is 3.27. The second kappa shape index (κ2) is 10.5. The summed E-state index contributed by atoms with van der Waals surface area (Å²) < 4.78 is 13.6. The fraction of sp³-hybridized carbons (Fsp3) is 0.560. The van der Waals surface area contributed by atoms with E-state index in [0.29, 0.717) is 41.9 Å². The molecule has 0 radical (unpaired) electrons. The number of ether oxygens (including phenoxy) is 2. The molecule has 4 rings (SSSR count). The molecular formula is C25H35N5O3. The molecule has 33 heavy (non-hydrogen) atoms. The van der Waals surface area contributed by atoms with Crippen molar-refractivity contribution in [2.24, 2.45) is 11.8 Å². The molecule has 8 nitrogen and oxygen atoms in total. The number of aromatic nitrogens is 4. The third kappa shape index (κ3) is 5.45. The molecule has 0 saturated carbocycles. The van der Waals surface area contributed by atoms with Crippen LogP contribution in [0.4, 0.5) is 0 Å². The molecule has 1 aromatic carbocycles. The van der Waals surface area contributed by atoms with Crippen LogP contribution >= 0.6 is 0 Å². The SMILES string of the molecule is CC(C)C(C(C)C)n1cnc2c(=O)[nH]c(Cc3ccccc3OCCN3CCOCC3)nc21. The lowest BCUT2D eigenvalue weighted by Crippen LogP contribution is -2.38. The third-order valence-electron chi connectivity index (χ3n) is 6.27. The van der Waals surface area contributed by atoms with Crippen molar-refractivity contribution in [3.05, 3.63) is 52.3 Å². The smallest absolute Gasteiger partial charge is 0.279 e. The molecule has 2 aromatic heterocycles. The van der Waals surface area contributed by atoms with Gasteiger partial charge in [-0.3, -0.25) is 9.69 Å². The molecule has 3 heterocycles. The van der Waals surface area contributed by atoms with Gasteiger partial charge in [0.05, 0.1) is 19.5 Å². The maximum atomic E-state index is 12.8. The van der Waals surface area contributed by atoms with Crippen LogP contribution in [0.3, 0.4) is 0 Å². The van der Waals surface area contributed by atoms with E-state index in [2.05, 4.69) is 47.1 Å². The second-order valence-corrected chi connectivity index (χ2v) is 9.40. The van der Waals surface area contributed by atoms with Crippen LogP contribution in [0, 0.1) is 11.8 Å². The van der Waals surface area contributed by atoms with Gasteiger partial charge in [0.1, 0.15) is 18.2 Å². The van der Waals surface area contributed by atoms with Gasteiger partial charge in [-0.25, -0.2) is 9.97 Å². The molecule has 1 aliphatic heterocycles. The zero-order valence-corrected chi connectivity index (χ0v) is 20.1. The first-order chi connectivity index (χ1) is 15.9. The van der Waals surface area contributed by atoms with E-state index in [0.717, 1.165) is 44.2 Å². The van der Waals surface area contributed by atoms with Gasteiger partial charge in [0.25, 0.3) is 5.56 Å². The summed E-state index contributed by atoms with van der Waals surface area (Å²) in [5.41, 5.74) is 1.83. The van der Waals surface area contributed by atoms with Crippen LogP contribution in [-0.4, -0.2) is 63.9 Å². The van der Waals surface area contributed by atoms with Gasteiger partial charge in [0.2, 0.25) is 0 Å². The fourth-order valence-corrected chi connectivity index (χ4v) is 4.77. The largest absolute Gasteiger partial charge is 0.492 e. The number of imidazole rings is 1. The van der Waals surface area contributed by atoms with Crippen molar-refractivity contribution in [1.29, 1.82) is 0 Å². The van der Waals surface area contributed by atoms with Gasteiger partial charge in [-0.15, -0.1) is 0 Å². The van der Waals surface area contributed by atoms with Crippen molar-refractivity contribution in [3.8, 4) is 5.75 Å². The first kappa shape index (κ1) is 23.4. The summed E-state index contributed by atoms with van der Waals surface area (Å²) >= 11 is 0. The molecular weight excluding hydrogens is 418 g/mol. The molecule has 3 aromatic rings. The van der Waals surface area contributed by atoms with Gasteiger partial charge in [-0.2, -0.15) is 0 Å². The average Bonchev–Trinajstić information content (AvgIpc) is 3.19. The van der Waals surface area contributed by atoms with Gasteiger partial charge in [-0.05, 0) is 17.9 Å². The standard InChI is InChI=1S/C25H35N5O3/c1-17(2)23(18(3)4)30-16-26-22-24(30)27-21(28-25(22)31)15-19-7-5-6-8-20(19)33-14-11-29-9-12-32-13-10-29/h5-8,16-18,23H,9-15H2,1-4H3,(H,27,28,31). The number of nitrogens with zero attached hydrogens (tertiary/aromatic N) is 4. The van der Waals surface area contributed by atoms with Crippen LogP contribution in [-0.2, 0) is 11.2 Å². The maximum absolute atomic E-state index is 12.8. The Morgan fingerprint density at radius 1 is 1.12 bits per heavy atom. The van der Waals surface area contributed by atoms with Crippen LogP contribution < -0.4 is 10.3 Å². The van der Waals surface area contributed by atoms with Gasteiger partial charge in [0, 0.05) is 37.7 Å². The Bertz CT molecular complexity index is 1110. The number of rotatable bonds is 9. The van der Waals surface area contributed by atoms with Crippen molar-refractivity contribution >= 4 is 11.2 Å². The number of H-pyrrole nitrogens is 1. The third-order valence-corrected chi connectivity index (χ3v) is 6.27. The minimum absolute atomic E-state index is 0.203. The lowest BCUT2D eigenvalue weighted by Gasteiger charge is -2.26. The quantitative estimate of drug-likeness (QED) is 0.535. The van der Waals surface area contributed by atoms with Crippen LogP contribution in [0.5, 0.6) is 5.75 Å². The molecule has 1 N–H and O–H groups in total. The van der Waals surface area contributed by atoms with Crippen LogP contribution in [0.1, 0.15) is 45.1 Å². The number of benzene rings is 1. The highest BCUT2D eigenvalue weighted by molar-refractivity contribution is 5.69. The minimum Gasteiger partial charge on any atom is -0.492 e. The number of hydrogen-bond donors (Lipinski definition) is 1. The predicted molar refractivity (Wildman–Crippen MR) is 129 cm³/mol. The fourth-order valence-electron chi connectivity index (χ4n) is 4.77. The van der Waals surface area contributed by atoms with Crippen molar-refractivity contribution < 1.29 is 9.47 Å². The van der Waals surface area contributed by atoms with Gasteiger partial charge in [0.15, 0.2) is 11.2 Å². The Morgan fingerprint density at radius 2 is 1.85 bits per heavy atom. The molecule has 1 saturated heterocycles. The summed E-state index contributed by atoms with van der Waals surface area (Å²) in [6.07, 6.45) is 2.24. The monoisotopic (exact) mass is 453 g/mol. The van der Waals surface area contributed by atoms with E-state index >= 15 is 0 Å². The number of nitrogens with one attached hydrogen (secondary N) is 1. The number of aromatic amines is 1. The zero-order chi connectivity index (χ0) is 23.4. The first-order valence-electron chi connectivity index (χ1n) is 11.9. The maximum Gasteiger partial charge on any atom is 0.279 e. The number of hydrogen-bond acceptors (Lipinski definition) is 6. The van der Waals surface area contributed by atoms with E-state index in [1.807, 2.05) is 24.3 Å². The molecule has 1 fully saturated rings. The highest BCUT2D eigenvalue weighted by Crippen LogP contribution is 2.28. The van der Waals surface area contributed by atoms with Crippen LogP contribution in [0.15, 0.2) is 35.4 Å². The molecule has 178 valence electrons. The number of morpholine rings is 1. The highest BCUT2D eigenvalue weighted by atomic mass is 16.5. The van der Waals surface area contributed by atoms with Crippen molar-refractivity contribution in [2.45, 2.75) is 40.2 Å². The Hall–Kier alpha value is -2.71. The van der Waals surface area contributed by atoms with Crippen LogP contribution in [0.25, 0.3) is 11.2 Å². The van der Waals surface area contributed by atoms with Crippen LogP contribution in [0.2, 0.25) is 0 Å². The van der Waals surface area contributed by atoms with Crippen molar-refractivity contribution in [3.63, 3.8) is 0 Å². The first-order valence-corrected chi connectivity index (χ1v) is 11.9. The average molecular weight is 454 g/mol. The van der Waals surface area contributed by atoms with E-state index in [9.17, 15) is 4.79 Å².